The quantitative estimate of drug-likeness (QED) is 0.629. The van der Waals surface area contributed by atoms with Gasteiger partial charge in [0.05, 0.1) is 0 Å². The van der Waals surface area contributed by atoms with E-state index < -0.39 is 17.8 Å². The molecule has 0 N–H and O–H groups in total. The Balaban J connectivity index is 2.01. The van der Waals surface area contributed by atoms with Crippen molar-refractivity contribution in [2.24, 2.45) is 0 Å². The zero-order valence-corrected chi connectivity index (χ0v) is 13.7. The number of amides is 4. The van der Waals surface area contributed by atoms with E-state index in [0.717, 1.165) is 26.7 Å². The summed E-state index contributed by atoms with van der Waals surface area (Å²) in [6, 6.07) is 11.0. The van der Waals surface area contributed by atoms with E-state index >= 15 is 0 Å². The van der Waals surface area contributed by atoms with Gasteiger partial charge in [0.15, 0.2) is 0 Å². The lowest BCUT2D eigenvalue weighted by Crippen LogP contribution is -2.52. The fourth-order valence-electron chi connectivity index (χ4n) is 2.69. The number of likely N-dealkylation sites (N-methyl/N-ethyl adjacent to an activating group) is 2. The molecule has 6 heteroatoms. The van der Waals surface area contributed by atoms with E-state index in [4.69, 9.17) is 0 Å². The predicted octanol–water partition coefficient (Wildman–Crippen LogP) is 2.22. The van der Waals surface area contributed by atoms with Gasteiger partial charge in [-0.25, -0.2) is 4.79 Å². The molecule has 2 aromatic rings. The third-order valence-electron chi connectivity index (χ3n) is 4.02. The molecular weight excluding hydrogens is 306 g/mol. The molecule has 122 valence electrons. The Labute approximate surface area is 139 Å². The average molecular weight is 323 g/mol. The van der Waals surface area contributed by atoms with Gasteiger partial charge in [-0.15, -0.1) is 0 Å². The van der Waals surface area contributed by atoms with Crippen molar-refractivity contribution in [2.45, 2.75) is 6.92 Å². The van der Waals surface area contributed by atoms with Gasteiger partial charge in [-0.2, -0.15) is 0 Å². The van der Waals surface area contributed by atoms with Crippen LogP contribution < -0.4 is 0 Å². The standard InChI is InChI=1S/C18H17N3O3/c1-12-9-13(11-21(12)14-7-5-4-6-8-14)10-15-16(22)19(2)18(24)20(3)17(15)23/h4-11H,1-3H3. The topological polar surface area (TPSA) is 62.6 Å². The van der Waals surface area contributed by atoms with Gasteiger partial charge in [0, 0.05) is 31.7 Å². The molecule has 4 amide bonds. The molecule has 1 aromatic carbocycles. The molecule has 1 fully saturated rings. The van der Waals surface area contributed by atoms with Crippen LogP contribution in [-0.4, -0.2) is 46.3 Å². The van der Waals surface area contributed by atoms with Gasteiger partial charge in [-0.1, -0.05) is 18.2 Å². The molecule has 0 spiro atoms. The van der Waals surface area contributed by atoms with Crippen LogP contribution in [0.1, 0.15) is 11.3 Å². The minimum atomic E-state index is -0.625. The Morgan fingerprint density at radius 1 is 0.917 bits per heavy atom. The minimum Gasteiger partial charge on any atom is -0.321 e. The number of hydrogen-bond donors (Lipinski definition) is 0. The summed E-state index contributed by atoms with van der Waals surface area (Å²) < 4.78 is 1.97. The lowest BCUT2D eigenvalue weighted by molar-refractivity contribution is -0.134. The van der Waals surface area contributed by atoms with Crippen molar-refractivity contribution in [1.29, 1.82) is 0 Å². The Morgan fingerprint density at radius 2 is 1.50 bits per heavy atom. The van der Waals surface area contributed by atoms with Crippen LogP contribution in [0.4, 0.5) is 4.79 Å². The van der Waals surface area contributed by atoms with Crippen molar-refractivity contribution in [3.63, 3.8) is 0 Å². The molecule has 0 unspecified atom stereocenters. The van der Waals surface area contributed by atoms with Gasteiger partial charge in [0.25, 0.3) is 11.8 Å². The number of urea groups is 1. The maximum Gasteiger partial charge on any atom is 0.333 e. The Morgan fingerprint density at radius 3 is 2.08 bits per heavy atom. The van der Waals surface area contributed by atoms with Crippen molar-refractivity contribution in [3.05, 3.63) is 59.4 Å². The lowest BCUT2D eigenvalue weighted by atomic mass is 10.1. The molecule has 0 saturated carbocycles. The zero-order valence-electron chi connectivity index (χ0n) is 13.7. The first-order valence-corrected chi connectivity index (χ1v) is 7.46. The van der Waals surface area contributed by atoms with Gasteiger partial charge in [0.2, 0.25) is 0 Å². The number of nitrogens with zero attached hydrogens (tertiary/aromatic N) is 3. The summed E-state index contributed by atoms with van der Waals surface area (Å²) in [5.41, 5.74) is 2.67. The molecule has 0 bridgehead atoms. The van der Waals surface area contributed by atoms with Gasteiger partial charge in [-0.05, 0) is 36.8 Å². The van der Waals surface area contributed by atoms with E-state index in [-0.39, 0.29) is 5.57 Å². The fourth-order valence-corrected chi connectivity index (χ4v) is 2.69. The van der Waals surface area contributed by atoms with Gasteiger partial charge >= 0.3 is 6.03 Å². The molecular formula is C18H17N3O3. The highest BCUT2D eigenvalue weighted by Gasteiger charge is 2.37. The molecule has 1 aromatic heterocycles. The third-order valence-corrected chi connectivity index (χ3v) is 4.02. The molecule has 6 nitrogen and oxygen atoms in total. The van der Waals surface area contributed by atoms with Crippen LogP contribution in [0, 0.1) is 6.92 Å². The van der Waals surface area contributed by atoms with Crippen molar-refractivity contribution < 1.29 is 14.4 Å². The first-order chi connectivity index (χ1) is 11.4. The largest absolute Gasteiger partial charge is 0.333 e. The molecule has 1 aliphatic rings. The van der Waals surface area contributed by atoms with E-state index in [2.05, 4.69) is 0 Å². The molecule has 3 rings (SSSR count). The SMILES string of the molecule is Cc1cc(C=C2C(=O)N(C)C(=O)N(C)C2=O)cn1-c1ccccc1. The van der Waals surface area contributed by atoms with Gasteiger partial charge < -0.3 is 4.57 Å². The van der Waals surface area contributed by atoms with Crippen molar-refractivity contribution in [3.8, 4) is 5.69 Å². The van der Waals surface area contributed by atoms with Gasteiger partial charge in [-0.3, -0.25) is 19.4 Å². The zero-order chi connectivity index (χ0) is 17.4. The number of aryl methyl sites for hydroxylation is 1. The normalized spacial score (nSPS) is 15.3. The van der Waals surface area contributed by atoms with E-state index in [1.807, 2.05) is 54.1 Å². The molecule has 0 aliphatic carbocycles. The van der Waals surface area contributed by atoms with Crippen molar-refractivity contribution >= 4 is 23.9 Å². The maximum atomic E-state index is 12.2. The first kappa shape index (κ1) is 15.7. The lowest BCUT2D eigenvalue weighted by Gasteiger charge is -2.28. The molecule has 0 atom stereocenters. The maximum absolute atomic E-state index is 12.2. The third kappa shape index (κ3) is 2.52. The highest BCUT2D eigenvalue weighted by molar-refractivity contribution is 6.30. The number of rotatable bonds is 2. The summed E-state index contributed by atoms with van der Waals surface area (Å²) in [5, 5.41) is 0. The predicted molar refractivity (Wildman–Crippen MR) is 89.4 cm³/mol. The van der Waals surface area contributed by atoms with Crippen LogP contribution in [0.15, 0.2) is 48.2 Å². The second-order valence-corrected chi connectivity index (χ2v) is 5.69. The number of hydrogen-bond acceptors (Lipinski definition) is 3. The van der Waals surface area contributed by atoms with E-state index in [1.54, 1.807) is 0 Å². The van der Waals surface area contributed by atoms with Crippen molar-refractivity contribution in [1.82, 2.24) is 14.4 Å². The van der Waals surface area contributed by atoms with Crippen LogP contribution in [0.5, 0.6) is 0 Å². The average Bonchev–Trinajstić information content (AvgIpc) is 2.96. The molecule has 24 heavy (non-hydrogen) atoms. The van der Waals surface area contributed by atoms with Crippen LogP contribution in [0.25, 0.3) is 11.8 Å². The minimum absolute atomic E-state index is 0.0233. The highest BCUT2D eigenvalue weighted by Crippen LogP contribution is 2.21. The van der Waals surface area contributed by atoms with Crippen LogP contribution in [0.3, 0.4) is 0 Å². The number of para-hydroxylation sites is 1. The molecule has 2 heterocycles. The summed E-state index contributed by atoms with van der Waals surface area (Å²) >= 11 is 0. The highest BCUT2D eigenvalue weighted by atomic mass is 16.2. The van der Waals surface area contributed by atoms with E-state index in [0.29, 0.717) is 0 Å². The Bertz CT molecular complexity index is 839. The monoisotopic (exact) mass is 323 g/mol. The number of carbonyl (C=O) groups excluding carboxylic acids is 3. The fraction of sp³-hybridized carbons (Fsp3) is 0.167. The molecule has 0 radical (unpaired) electrons. The smallest absolute Gasteiger partial charge is 0.321 e. The number of aromatic nitrogens is 1. The van der Waals surface area contributed by atoms with E-state index in [1.165, 1.54) is 20.2 Å². The molecule has 1 aliphatic heterocycles. The number of imide groups is 2. The van der Waals surface area contributed by atoms with E-state index in [9.17, 15) is 14.4 Å². The number of barbiturate groups is 1. The summed E-state index contributed by atoms with van der Waals surface area (Å²) in [7, 11) is 2.73. The summed E-state index contributed by atoms with van der Waals surface area (Å²) in [6.07, 6.45) is 3.38. The Kier molecular flexibility index (Phi) is 3.81. The molecule has 1 saturated heterocycles. The first-order valence-electron chi connectivity index (χ1n) is 7.46. The van der Waals surface area contributed by atoms with Crippen LogP contribution in [0.2, 0.25) is 0 Å². The second-order valence-electron chi connectivity index (χ2n) is 5.69. The summed E-state index contributed by atoms with van der Waals surface area (Å²) in [6.45, 7) is 1.95. The van der Waals surface area contributed by atoms with Crippen molar-refractivity contribution in [2.75, 3.05) is 14.1 Å². The van der Waals surface area contributed by atoms with Crippen LogP contribution in [-0.2, 0) is 9.59 Å². The number of carbonyl (C=O) groups is 3. The second kappa shape index (κ2) is 5.81. The van der Waals surface area contributed by atoms with Crippen LogP contribution >= 0.6 is 0 Å². The number of benzene rings is 1. The Hall–Kier alpha value is -3.15. The summed E-state index contributed by atoms with van der Waals surface area (Å²) in [5.74, 6) is -1.18. The van der Waals surface area contributed by atoms with Gasteiger partial charge in [0.1, 0.15) is 5.57 Å². The summed E-state index contributed by atoms with van der Waals surface area (Å²) in [4.78, 5) is 38.1.